The van der Waals surface area contributed by atoms with Crippen molar-refractivity contribution < 1.29 is 9.59 Å². The third kappa shape index (κ3) is 5.05. The van der Waals surface area contributed by atoms with Crippen LogP contribution < -0.4 is 10.6 Å². The molecule has 3 rings (SSSR count). The highest BCUT2D eigenvalue weighted by Crippen LogP contribution is 2.36. The maximum absolute atomic E-state index is 12.6. The Bertz CT molecular complexity index is 1040. The molecule has 0 radical (unpaired) electrons. The number of allylic oxidation sites excluding steroid dienone is 1. The molecule has 30 heavy (non-hydrogen) atoms. The topological polar surface area (TPSA) is 82.0 Å². The highest BCUT2D eigenvalue weighted by Gasteiger charge is 2.29. The zero-order chi connectivity index (χ0) is 21.7. The molecule has 5 nitrogen and oxygen atoms in total. The van der Waals surface area contributed by atoms with Crippen molar-refractivity contribution in [2.45, 2.75) is 32.6 Å². The normalized spacial score (nSPS) is 16.1. The minimum atomic E-state index is -0.352. The van der Waals surface area contributed by atoms with Crippen LogP contribution in [0.25, 0.3) is 0 Å². The lowest BCUT2D eigenvalue weighted by atomic mass is 9.87. The molecular weight excluding hydrogens is 418 g/mol. The predicted octanol–water partition coefficient (Wildman–Crippen LogP) is 4.92. The Labute approximate surface area is 185 Å². The van der Waals surface area contributed by atoms with Crippen molar-refractivity contribution >= 4 is 40.9 Å². The molecule has 0 aliphatic carbocycles. The minimum absolute atomic E-state index is 0.0889. The number of carbonyl (C=O) groups excluding carboxylic acids is 2. The molecule has 1 aliphatic rings. The summed E-state index contributed by atoms with van der Waals surface area (Å²) < 4.78 is 0. The van der Waals surface area contributed by atoms with Crippen molar-refractivity contribution in [1.82, 2.24) is 5.32 Å². The number of anilines is 1. The van der Waals surface area contributed by atoms with Crippen LogP contribution in [-0.4, -0.2) is 17.6 Å². The van der Waals surface area contributed by atoms with E-state index in [0.717, 1.165) is 28.8 Å². The molecule has 7 heteroatoms. The summed E-state index contributed by atoms with van der Waals surface area (Å²) in [5, 5.41) is 16.5. The van der Waals surface area contributed by atoms with Gasteiger partial charge in [-0.3, -0.25) is 9.59 Å². The van der Waals surface area contributed by atoms with E-state index < -0.39 is 0 Å². The van der Waals surface area contributed by atoms with E-state index in [4.69, 9.17) is 11.6 Å². The van der Waals surface area contributed by atoms with Crippen LogP contribution in [0.4, 0.5) is 5.69 Å². The van der Waals surface area contributed by atoms with Gasteiger partial charge in [-0.1, -0.05) is 60.6 Å². The van der Waals surface area contributed by atoms with Crippen LogP contribution >= 0.6 is 23.4 Å². The van der Waals surface area contributed by atoms with Crippen LogP contribution in [0.15, 0.2) is 53.1 Å². The van der Waals surface area contributed by atoms with Gasteiger partial charge < -0.3 is 10.6 Å². The zero-order valence-corrected chi connectivity index (χ0v) is 18.4. The first kappa shape index (κ1) is 21.9. The van der Waals surface area contributed by atoms with Crippen LogP contribution in [0.3, 0.4) is 0 Å². The van der Waals surface area contributed by atoms with Crippen molar-refractivity contribution in [3.8, 4) is 6.07 Å². The number of carbonyl (C=O) groups is 2. The predicted molar refractivity (Wildman–Crippen MR) is 121 cm³/mol. The van der Waals surface area contributed by atoms with E-state index in [0.29, 0.717) is 15.6 Å². The van der Waals surface area contributed by atoms with Crippen molar-refractivity contribution in [3.05, 3.63) is 74.8 Å². The van der Waals surface area contributed by atoms with E-state index in [1.54, 1.807) is 12.1 Å². The first-order valence-corrected chi connectivity index (χ1v) is 11.0. The Balaban J connectivity index is 1.77. The molecule has 0 aromatic heterocycles. The van der Waals surface area contributed by atoms with E-state index >= 15 is 0 Å². The molecule has 0 saturated carbocycles. The van der Waals surface area contributed by atoms with Crippen LogP contribution in [0.2, 0.25) is 5.02 Å². The number of thioether (sulfide) groups is 1. The van der Waals surface area contributed by atoms with Gasteiger partial charge in [0.2, 0.25) is 11.8 Å². The highest BCUT2D eigenvalue weighted by atomic mass is 35.5. The third-order valence-corrected chi connectivity index (χ3v) is 6.25. The van der Waals surface area contributed by atoms with E-state index in [1.165, 1.54) is 11.8 Å². The first-order chi connectivity index (χ1) is 14.4. The smallest absolute Gasteiger partial charge is 0.234 e. The number of halogens is 1. The summed E-state index contributed by atoms with van der Waals surface area (Å²) in [4.78, 5) is 24.8. The number of hydrogen-bond donors (Lipinski definition) is 2. The number of rotatable bonds is 6. The van der Waals surface area contributed by atoms with Crippen molar-refractivity contribution in [2.24, 2.45) is 0 Å². The van der Waals surface area contributed by atoms with Crippen molar-refractivity contribution in [2.75, 3.05) is 11.1 Å². The van der Waals surface area contributed by atoms with E-state index in [-0.39, 0.29) is 29.9 Å². The van der Waals surface area contributed by atoms with Gasteiger partial charge in [-0.05, 0) is 42.2 Å². The molecule has 0 bridgehead atoms. The number of hydrogen-bond acceptors (Lipinski definition) is 4. The molecule has 2 N–H and O–H groups in total. The Hall–Kier alpha value is -2.75. The molecule has 2 aromatic carbocycles. The molecule has 154 valence electrons. The lowest BCUT2D eigenvalue weighted by molar-refractivity contribution is -0.121. The monoisotopic (exact) mass is 439 g/mol. The van der Waals surface area contributed by atoms with Crippen molar-refractivity contribution in [1.29, 1.82) is 5.26 Å². The summed E-state index contributed by atoms with van der Waals surface area (Å²) in [6.45, 7) is 3.99. The van der Waals surface area contributed by atoms with Crippen LogP contribution in [0.1, 0.15) is 36.0 Å². The highest BCUT2D eigenvalue weighted by molar-refractivity contribution is 8.03. The van der Waals surface area contributed by atoms with Gasteiger partial charge in [0, 0.05) is 23.0 Å². The number of amides is 2. The van der Waals surface area contributed by atoms with Gasteiger partial charge in [0.1, 0.15) is 0 Å². The fraction of sp³-hybridized carbons (Fsp3) is 0.261. The van der Waals surface area contributed by atoms with Crippen molar-refractivity contribution in [3.63, 3.8) is 0 Å². The maximum Gasteiger partial charge on any atom is 0.234 e. The molecule has 2 amide bonds. The summed E-state index contributed by atoms with van der Waals surface area (Å²) in [5.74, 6) is -0.624. The Kier molecular flexibility index (Phi) is 7.20. The quantitative estimate of drug-likeness (QED) is 0.669. The van der Waals surface area contributed by atoms with Gasteiger partial charge >= 0.3 is 0 Å². The lowest BCUT2D eigenvalue weighted by Crippen LogP contribution is -2.31. The standard InChI is InChI=1S/C23H22ClN3O2S/c1-3-15-6-4-5-14(2)22(15)26-21(29)13-30-23-19(12-25)18(11-20(28)27-23)16-7-9-17(24)10-8-16/h4-10,18H,3,11,13H2,1-2H3,(H,26,29)(H,27,28)/t18-/m1/s1. The van der Waals surface area contributed by atoms with Crippen LogP contribution in [-0.2, 0) is 16.0 Å². The molecule has 2 aromatic rings. The van der Waals surface area contributed by atoms with Crippen LogP contribution in [0, 0.1) is 18.3 Å². The van der Waals surface area contributed by atoms with E-state index in [1.807, 2.05) is 44.2 Å². The molecular formula is C23H22ClN3O2S. The fourth-order valence-corrected chi connectivity index (χ4v) is 4.43. The molecule has 0 fully saturated rings. The third-order valence-electron chi connectivity index (χ3n) is 4.98. The summed E-state index contributed by atoms with van der Waals surface area (Å²) in [6.07, 6.45) is 0.997. The fourth-order valence-electron chi connectivity index (χ4n) is 3.43. The summed E-state index contributed by atoms with van der Waals surface area (Å²) in [7, 11) is 0. The number of aryl methyl sites for hydroxylation is 2. The second-order valence-corrected chi connectivity index (χ2v) is 8.43. The molecule has 0 spiro atoms. The second-order valence-electron chi connectivity index (χ2n) is 7.01. The molecule has 1 aliphatic heterocycles. The molecule has 0 saturated heterocycles. The average molecular weight is 440 g/mol. The van der Waals surface area contributed by atoms with Crippen LogP contribution in [0.5, 0.6) is 0 Å². The van der Waals surface area contributed by atoms with Gasteiger partial charge in [0.25, 0.3) is 0 Å². The van der Waals surface area contributed by atoms with Gasteiger partial charge in [-0.15, -0.1) is 0 Å². The number of nitrogens with zero attached hydrogens (tertiary/aromatic N) is 1. The number of nitriles is 1. The minimum Gasteiger partial charge on any atom is -0.325 e. The van der Waals surface area contributed by atoms with Gasteiger partial charge in [0.05, 0.1) is 22.4 Å². The number of benzene rings is 2. The number of nitrogens with one attached hydrogen (secondary N) is 2. The summed E-state index contributed by atoms with van der Waals surface area (Å²) in [5.41, 5.74) is 4.20. The first-order valence-electron chi connectivity index (χ1n) is 9.63. The van der Waals surface area contributed by atoms with E-state index in [9.17, 15) is 14.9 Å². The van der Waals surface area contributed by atoms with Gasteiger partial charge in [-0.25, -0.2) is 0 Å². The Morgan fingerprint density at radius 1 is 1.30 bits per heavy atom. The zero-order valence-electron chi connectivity index (χ0n) is 16.8. The van der Waals surface area contributed by atoms with Gasteiger partial charge in [-0.2, -0.15) is 5.26 Å². The Morgan fingerprint density at radius 2 is 2.03 bits per heavy atom. The Morgan fingerprint density at radius 3 is 2.70 bits per heavy atom. The molecule has 1 atom stereocenters. The SMILES string of the molecule is CCc1cccc(C)c1NC(=O)CSC1=C(C#N)[C@@H](c2ccc(Cl)cc2)CC(=O)N1. The molecule has 1 heterocycles. The van der Waals surface area contributed by atoms with E-state index in [2.05, 4.69) is 16.7 Å². The maximum atomic E-state index is 12.6. The number of para-hydroxylation sites is 1. The lowest BCUT2D eigenvalue weighted by Gasteiger charge is -2.25. The average Bonchev–Trinajstić information content (AvgIpc) is 2.73. The molecule has 0 unspecified atom stereocenters. The summed E-state index contributed by atoms with van der Waals surface area (Å²) in [6, 6.07) is 15.3. The summed E-state index contributed by atoms with van der Waals surface area (Å²) >= 11 is 7.13. The van der Waals surface area contributed by atoms with Gasteiger partial charge in [0.15, 0.2) is 0 Å². The second kappa shape index (κ2) is 9.84. The largest absolute Gasteiger partial charge is 0.325 e.